The summed E-state index contributed by atoms with van der Waals surface area (Å²) in [6.07, 6.45) is 3.64. The van der Waals surface area contributed by atoms with Crippen molar-refractivity contribution in [3.8, 4) is 0 Å². The molecule has 0 saturated heterocycles. The molecule has 0 amide bonds. The van der Waals surface area contributed by atoms with E-state index in [4.69, 9.17) is 11.6 Å². The van der Waals surface area contributed by atoms with E-state index in [9.17, 15) is 0 Å². The molecule has 0 saturated carbocycles. The number of fused-ring (bicyclic) bond motifs is 1. The van der Waals surface area contributed by atoms with Gasteiger partial charge in [0.15, 0.2) is 0 Å². The van der Waals surface area contributed by atoms with Crippen molar-refractivity contribution in [1.29, 1.82) is 0 Å². The maximum absolute atomic E-state index is 5.99. The van der Waals surface area contributed by atoms with Gasteiger partial charge in [-0.1, -0.05) is 23.7 Å². The molecule has 1 aromatic heterocycles. The van der Waals surface area contributed by atoms with E-state index >= 15 is 0 Å². The fourth-order valence-electron chi connectivity index (χ4n) is 1.31. The normalized spacial score (nSPS) is 10.5. The predicted octanol–water partition coefficient (Wildman–Crippen LogP) is 3.20. The zero-order chi connectivity index (χ0) is 8.55. The van der Waals surface area contributed by atoms with E-state index in [-0.39, 0.29) is 0 Å². The highest BCUT2D eigenvalue weighted by Crippen LogP contribution is 2.23. The van der Waals surface area contributed by atoms with E-state index in [0.717, 1.165) is 16.0 Å². The highest BCUT2D eigenvalue weighted by molar-refractivity contribution is 6.35. The summed E-state index contributed by atoms with van der Waals surface area (Å²) in [5.41, 5.74) is 1.16. The van der Waals surface area contributed by atoms with Crippen molar-refractivity contribution in [3.05, 3.63) is 41.2 Å². The van der Waals surface area contributed by atoms with E-state index in [0.29, 0.717) is 0 Å². The second kappa shape index (κ2) is 2.76. The summed E-state index contributed by atoms with van der Waals surface area (Å²) in [4.78, 5) is 4.09. The van der Waals surface area contributed by atoms with Crippen LogP contribution in [0.5, 0.6) is 0 Å². The largest absolute Gasteiger partial charge is 0.264 e. The summed E-state index contributed by atoms with van der Waals surface area (Å²) in [6.45, 7) is 2.03. The van der Waals surface area contributed by atoms with Gasteiger partial charge in [-0.15, -0.1) is 0 Å². The van der Waals surface area contributed by atoms with Gasteiger partial charge in [0.25, 0.3) is 0 Å². The maximum Gasteiger partial charge on any atom is 0.0499 e. The van der Waals surface area contributed by atoms with Gasteiger partial charge in [0.1, 0.15) is 0 Å². The van der Waals surface area contributed by atoms with Crippen molar-refractivity contribution in [2.24, 2.45) is 0 Å². The van der Waals surface area contributed by atoms with E-state index in [1.807, 2.05) is 25.3 Å². The first kappa shape index (κ1) is 7.56. The Morgan fingerprint density at radius 2 is 2.00 bits per heavy atom. The first-order valence-corrected chi connectivity index (χ1v) is 4.15. The Balaban J connectivity index is 2.94. The lowest BCUT2D eigenvalue weighted by Gasteiger charge is -2.01. The molecule has 0 N–H and O–H groups in total. The summed E-state index contributed by atoms with van der Waals surface area (Å²) in [5, 5.41) is 2.97. The topological polar surface area (TPSA) is 12.9 Å². The third-order valence-electron chi connectivity index (χ3n) is 1.95. The molecule has 0 aliphatic rings. The quantitative estimate of drug-likeness (QED) is 0.602. The molecule has 0 fully saturated rings. The van der Waals surface area contributed by atoms with E-state index < -0.39 is 0 Å². The molecule has 0 aliphatic carbocycles. The average Bonchev–Trinajstić information content (AvgIpc) is 2.07. The van der Waals surface area contributed by atoms with Crippen LogP contribution in [-0.4, -0.2) is 4.98 Å². The molecule has 0 radical (unpaired) electrons. The fraction of sp³-hybridized carbons (Fsp3) is 0.100. The Labute approximate surface area is 76.0 Å². The zero-order valence-corrected chi connectivity index (χ0v) is 7.47. The van der Waals surface area contributed by atoms with Gasteiger partial charge in [-0.25, -0.2) is 0 Å². The molecule has 0 unspecified atom stereocenters. The van der Waals surface area contributed by atoms with Crippen molar-refractivity contribution in [3.63, 3.8) is 0 Å². The number of aromatic nitrogens is 1. The fourth-order valence-corrected chi connectivity index (χ4v) is 1.53. The van der Waals surface area contributed by atoms with E-state index in [1.54, 1.807) is 6.20 Å². The van der Waals surface area contributed by atoms with Gasteiger partial charge < -0.3 is 0 Å². The first-order valence-electron chi connectivity index (χ1n) is 3.78. The SMILES string of the molecule is Cc1cncc2c(Cl)cccc12. The Hall–Kier alpha value is -1.08. The lowest BCUT2D eigenvalue weighted by Crippen LogP contribution is -1.81. The van der Waals surface area contributed by atoms with Gasteiger partial charge in [-0.3, -0.25) is 4.98 Å². The molecular formula is C10H8ClN. The Kier molecular flexibility index (Phi) is 1.74. The number of hydrogen-bond acceptors (Lipinski definition) is 1. The highest BCUT2D eigenvalue weighted by Gasteiger charge is 1.99. The Bertz CT molecular complexity index is 382. The van der Waals surface area contributed by atoms with Crippen LogP contribution in [0.25, 0.3) is 10.8 Å². The van der Waals surface area contributed by atoms with E-state index in [1.165, 1.54) is 5.39 Å². The number of benzene rings is 1. The van der Waals surface area contributed by atoms with Crippen molar-refractivity contribution in [2.75, 3.05) is 0 Å². The lowest BCUT2D eigenvalue weighted by molar-refractivity contribution is 1.31. The van der Waals surface area contributed by atoms with Crippen LogP contribution in [0, 0.1) is 6.92 Å². The Morgan fingerprint density at radius 3 is 2.75 bits per heavy atom. The molecule has 1 heterocycles. The predicted molar refractivity (Wildman–Crippen MR) is 51.5 cm³/mol. The van der Waals surface area contributed by atoms with Crippen LogP contribution in [0.4, 0.5) is 0 Å². The second-order valence-corrected chi connectivity index (χ2v) is 3.20. The molecule has 12 heavy (non-hydrogen) atoms. The van der Waals surface area contributed by atoms with Crippen molar-refractivity contribution >= 4 is 22.4 Å². The second-order valence-electron chi connectivity index (χ2n) is 2.79. The van der Waals surface area contributed by atoms with Crippen LogP contribution in [-0.2, 0) is 0 Å². The third-order valence-corrected chi connectivity index (χ3v) is 2.28. The summed E-state index contributed by atoms with van der Waals surface area (Å²) >= 11 is 5.99. The van der Waals surface area contributed by atoms with Crippen LogP contribution in [0.3, 0.4) is 0 Å². The standard InChI is InChI=1S/C10H8ClN/c1-7-5-12-6-9-8(7)3-2-4-10(9)11/h2-6H,1H3. The maximum atomic E-state index is 5.99. The minimum absolute atomic E-state index is 0.767. The highest BCUT2D eigenvalue weighted by atomic mass is 35.5. The molecule has 0 atom stereocenters. The van der Waals surface area contributed by atoms with Crippen molar-refractivity contribution in [1.82, 2.24) is 4.98 Å². The lowest BCUT2D eigenvalue weighted by atomic mass is 10.1. The number of hydrogen-bond donors (Lipinski definition) is 0. The molecule has 2 aromatic rings. The van der Waals surface area contributed by atoms with Crippen molar-refractivity contribution < 1.29 is 0 Å². The minimum atomic E-state index is 0.767. The van der Waals surface area contributed by atoms with Gasteiger partial charge >= 0.3 is 0 Å². The molecule has 0 aliphatic heterocycles. The number of aryl methyl sites for hydroxylation is 1. The first-order chi connectivity index (χ1) is 5.79. The molecule has 2 rings (SSSR count). The van der Waals surface area contributed by atoms with Gasteiger partial charge in [0, 0.05) is 22.8 Å². The van der Waals surface area contributed by atoms with Crippen LogP contribution in [0.2, 0.25) is 5.02 Å². The number of halogens is 1. The zero-order valence-electron chi connectivity index (χ0n) is 6.71. The average molecular weight is 178 g/mol. The summed E-state index contributed by atoms with van der Waals surface area (Å²) in [6, 6.07) is 5.89. The summed E-state index contributed by atoms with van der Waals surface area (Å²) < 4.78 is 0. The molecule has 0 spiro atoms. The minimum Gasteiger partial charge on any atom is -0.264 e. The van der Waals surface area contributed by atoms with Crippen LogP contribution in [0.1, 0.15) is 5.56 Å². The third kappa shape index (κ3) is 1.07. The summed E-state index contributed by atoms with van der Waals surface area (Å²) in [7, 11) is 0. The van der Waals surface area contributed by atoms with Crippen molar-refractivity contribution in [2.45, 2.75) is 6.92 Å². The molecular weight excluding hydrogens is 170 g/mol. The number of rotatable bonds is 0. The van der Waals surface area contributed by atoms with Gasteiger partial charge in [-0.2, -0.15) is 0 Å². The van der Waals surface area contributed by atoms with Crippen LogP contribution < -0.4 is 0 Å². The molecule has 0 bridgehead atoms. The summed E-state index contributed by atoms with van der Waals surface area (Å²) in [5.74, 6) is 0. The molecule has 1 aromatic carbocycles. The number of nitrogens with zero attached hydrogens (tertiary/aromatic N) is 1. The van der Waals surface area contributed by atoms with E-state index in [2.05, 4.69) is 11.1 Å². The van der Waals surface area contributed by atoms with Gasteiger partial charge in [0.2, 0.25) is 0 Å². The van der Waals surface area contributed by atoms with Gasteiger partial charge in [0.05, 0.1) is 0 Å². The monoisotopic (exact) mass is 177 g/mol. The van der Waals surface area contributed by atoms with Crippen LogP contribution in [0.15, 0.2) is 30.6 Å². The molecule has 1 nitrogen and oxygen atoms in total. The molecule has 60 valence electrons. The van der Waals surface area contributed by atoms with Gasteiger partial charge in [-0.05, 0) is 23.9 Å². The molecule has 2 heteroatoms. The van der Waals surface area contributed by atoms with Crippen LogP contribution >= 0.6 is 11.6 Å². The Morgan fingerprint density at radius 1 is 1.17 bits per heavy atom. The number of pyridine rings is 1. The smallest absolute Gasteiger partial charge is 0.0499 e.